The fraction of sp³-hybridized carbons (Fsp3) is 0.800. The number of hydrogen-bond donors (Lipinski definition) is 3. The molecule has 3 N–H and O–H groups in total. The zero-order valence-corrected chi connectivity index (χ0v) is 15.6. The maximum Gasteiger partial charge on any atom is 0.338 e. The number of nitroso groups, excluding NO2 is 1. The smallest absolute Gasteiger partial charge is 0.338 e. The molecule has 0 bridgehead atoms. The lowest BCUT2D eigenvalue weighted by atomic mass is 10.3. The number of rotatable bonds is 7. The van der Waals surface area contributed by atoms with Gasteiger partial charge in [0.2, 0.25) is 0 Å². The van der Waals surface area contributed by atoms with Gasteiger partial charge in [-0.3, -0.25) is 24.3 Å². The van der Waals surface area contributed by atoms with Crippen LogP contribution in [0.2, 0.25) is 0 Å². The lowest BCUT2D eigenvalue weighted by Gasteiger charge is -2.30. The highest BCUT2D eigenvalue weighted by atomic mass is 16.7. The van der Waals surface area contributed by atoms with Crippen molar-refractivity contribution in [2.24, 2.45) is 5.18 Å². The van der Waals surface area contributed by atoms with Gasteiger partial charge in [0.1, 0.15) is 0 Å². The van der Waals surface area contributed by atoms with Gasteiger partial charge in [0.05, 0.1) is 19.6 Å². The molecular weight excluding hydrogens is 360 g/mol. The minimum Gasteiger partial charge on any atom is -0.480 e. The number of hydrogen-bond acceptors (Lipinski definition) is 10. The van der Waals surface area contributed by atoms with E-state index in [2.05, 4.69) is 16.0 Å². The minimum absolute atomic E-state index is 0.0892. The summed E-state index contributed by atoms with van der Waals surface area (Å²) in [5.41, 5.74) is 2.34. The van der Waals surface area contributed by atoms with Crippen LogP contribution < -0.4 is 10.8 Å². The average molecular weight is 388 g/mol. The van der Waals surface area contributed by atoms with Crippen molar-refractivity contribution in [3.63, 3.8) is 0 Å². The number of aliphatic carboxylic acids is 1. The van der Waals surface area contributed by atoms with E-state index in [1.165, 1.54) is 7.05 Å². The van der Waals surface area contributed by atoms with Crippen LogP contribution in [0.5, 0.6) is 0 Å². The second kappa shape index (κ2) is 13.2. The molecule has 0 aromatic rings. The third-order valence-electron chi connectivity index (χ3n) is 4.06. The summed E-state index contributed by atoms with van der Waals surface area (Å²) >= 11 is 0. The maximum absolute atomic E-state index is 11.7. The van der Waals surface area contributed by atoms with Gasteiger partial charge >= 0.3 is 11.9 Å². The van der Waals surface area contributed by atoms with E-state index in [0.717, 1.165) is 0 Å². The van der Waals surface area contributed by atoms with E-state index in [1.807, 2.05) is 4.90 Å². The fourth-order valence-corrected chi connectivity index (χ4v) is 2.71. The van der Waals surface area contributed by atoms with Crippen LogP contribution in [0.15, 0.2) is 5.18 Å². The lowest BCUT2D eigenvalue weighted by Crippen LogP contribution is -2.47. The molecule has 0 aromatic heterocycles. The molecule has 1 aliphatic heterocycles. The van der Waals surface area contributed by atoms with Crippen molar-refractivity contribution in [2.45, 2.75) is 0 Å². The van der Waals surface area contributed by atoms with Gasteiger partial charge < -0.3 is 15.3 Å². The van der Waals surface area contributed by atoms with E-state index in [1.54, 1.807) is 9.80 Å². The van der Waals surface area contributed by atoms with Gasteiger partial charge in [-0.05, 0) is 0 Å². The number of carboxylic acid groups (broad SMARTS) is 1. The van der Waals surface area contributed by atoms with Gasteiger partial charge in [-0.25, -0.2) is 4.79 Å². The van der Waals surface area contributed by atoms with E-state index >= 15 is 0 Å². The summed E-state index contributed by atoms with van der Waals surface area (Å²) in [5, 5.41) is 14.8. The molecule has 1 fully saturated rings. The summed E-state index contributed by atoms with van der Waals surface area (Å²) in [7, 11) is 1.50. The predicted octanol–water partition coefficient (Wildman–Crippen LogP) is -2.45. The van der Waals surface area contributed by atoms with Crippen molar-refractivity contribution >= 4 is 17.8 Å². The van der Waals surface area contributed by atoms with Gasteiger partial charge in [0.15, 0.2) is 0 Å². The summed E-state index contributed by atoms with van der Waals surface area (Å²) in [5.74, 6) is -2.12. The number of carboxylic acids is 1. The molecular formula is C15H28N6O6. The summed E-state index contributed by atoms with van der Waals surface area (Å²) in [6, 6.07) is 0. The molecule has 0 radical (unpaired) electrons. The highest BCUT2D eigenvalue weighted by molar-refractivity contribution is 5.78. The fourth-order valence-electron chi connectivity index (χ4n) is 2.71. The number of nitrogens with zero attached hydrogens (tertiary/aromatic N) is 4. The molecule has 1 saturated heterocycles. The minimum atomic E-state index is -0.956. The van der Waals surface area contributed by atoms with Crippen molar-refractivity contribution in [3.05, 3.63) is 4.91 Å². The van der Waals surface area contributed by atoms with Gasteiger partial charge in [-0.15, -0.1) is 4.91 Å². The quantitative estimate of drug-likeness (QED) is 0.316. The molecule has 0 aliphatic carbocycles. The van der Waals surface area contributed by atoms with Crippen LogP contribution in [0.25, 0.3) is 0 Å². The largest absolute Gasteiger partial charge is 0.480 e. The van der Waals surface area contributed by atoms with Crippen LogP contribution in [0, 0.1) is 4.91 Å². The predicted molar refractivity (Wildman–Crippen MR) is 95.8 cm³/mol. The number of nitrogens with one attached hydrogen (secondary N) is 2. The van der Waals surface area contributed by atoms with E-state index in [4.69, 9.17) is 9.94 Å². The van der Waals surface area contributed by atoms with Crippen molar-refractivity contribution in [1.82, 2.24) is 25.5 Å². The summed E-state index contributed by atoms with van der Waals surface area (Å²) in [6.45, 7) is 3.91. The zero-order valence-electron chi connectivity index (χ0n) is 15.6. The summed E-state index contributed by atoms with van der Waals surface area (Å²) < 4.78 is 0. The number of carbonyl (C=O) groups excluding carboxylic acids is 2. The Balaban J connectivity index is 2.70. The Hall–Kier alpha value is -1.99. The highest BCUT2D eigenvalue weighted by Gasteiger charge is 2.18. The molecule has 1 amide bonds. The van der Waals surface area contributed by atoms with Crippen LogP contribution in [-0.2, 0) is 19.2 Å². The molecule has 154 valence electrons. The van der Waals surface area contributed by atoms with Crippen LogP contribution >= 0.6 is 0 Å². The number of amides is 1. The zero-order chi connectivity index (χ0) is 20.1. The van der Waals surface area contributed by atoms with Gasteiger partial charge in [-0.2, -0.15) is 5.48 Å². The molecule has 27 heavy (non-hydrogen) atoms. The van der Waals surface area contributed by atoms with Crippen LogP contribution in [0.4, 0.5) is 0 Å². The second-order valence-corrected chi connectivity index (χ2v) is 6.14. The molecule has 0 atom stereocenters. The SMILES string of the molecule is CNOC(=O)CN1CCNCCN(CC(=O)N=O)CCN(CC(=O)O)CC1. The van der Waals surface area contributed by atoms with Gasteiger partial charge in [0, 0.05) is 64.6 Å². The maximum atomic E-state index is 11.7. The second-order valence-electron chi connectivity index (χ2n) is 6.14. The highest BCUT2D eigenvalue weighted by Crippen LogP contribution is 1.98. The Morgan fingerprint density at radius 2 is 1.48 bits per heavy atom. The third kappa shape index (κ3) is 10.7. The molecule has 12 heteroatoms. The topological polar surface area (TPSA) is 144 Å². The molecule has 1 rings (SSSR count). The summed E-state index contributed by atoms with van der Waals surface area (Å²) in [6.07, 6.45) is 0. The van der Waals surface area contributed by atoms with Crippen molar-refractivity contribution in [3.8, 4) is 0 Å². The molecule has 0 unspecified atom stereocenters. The monoisotopic (exact) mass is 388 g/mol. The first-order valence-electron chi connectivity index (χ1n) is 8.76. The Morgan fingerprint density at radius 3 is 1.96 bits per heavy atom. The molecule has 0 saturated carbocycles. The Kier molecular flexibility index (Phi) is 11.3. The Morgan fingerprint density at radius 1 is 0.963 bits per heavy atom. The third-order valence-corrected chi connectivity index (χ3v) is 4.06. The summed E-state index contributed by atoms with van der Waals surface area (Å²) in [4.78, 5) is 54.6. The molecule has 12 nitrogen and oxygen atoms in total. The van der Waals surface area contributed by atoms with Crippen molar-refractivity contribution in [2.75, 3.05) is 79.0 Å². The lowest BCUT2D eigenvalue weighted by molar-refractivity contribution is -0.151. The first-order chi connectivity index (χ1) is 12.9. The van der Waals surface area contributed by atoms with Crippen LogP contribution in [0.3, 0.4) is 0 Å². The number of carbonyl (C=O) groups is 3. The van der Waals surface area contributed by atoms with Gasteiger partial charge in [0.25, 0.3) is 5.91 Å². The van der Waals surface area contributed by atoms with E-state index in [-0.39, 0.29) is 19.6 Å². The normalized spacial score (nSPS) is 18.9. The number of hydroxylamine groups is 1. The molecule has 0 aromatic carbocycles. The van der Waals surface area contributed by atoms with Crippen molar-refractivity contribution < 1.29 is 24.3 Å². The first-order valence-corrected chi connectivity index (χ1v) is 8.76. The Bertz CT molecular complexity index is 505. The van der Waals surface area contributed by atoms with E-state index in [0.29, 0.717) is 52.4 Å². The van der Waals surface area contributed by atoms with Crippen molar-refractivity contribution in [1.29, 1.82) is 0 Å². The Labute approximate surface area is 157 Å². The first kappa shape index (κ1) is 23.0. The van der Waals surface area contributed by atoms with Crippen LogP contribution in [0.1, 0.15) is 0 Å². The van der Waals surface area contributed by atoms with Crippen LogP contribution in [-0.4, -0.2) is 117 Å². The molecule has 1 heterocycles. The molecule has 1 aliphatic rings. The van der Waals surface area contributed by atoms with E-state index in [9.17, 15) is 19.3 Å². The van der Waals surface area contributed by atoms with Gasteiger partial charge in [-0.1, -0.05) is 0 Å². The average Bonchev–Trinajstić information content (AvgIpc) is 2.61. The standard InChI is InChI=1S/C15H28N6O6/c1-16-27-15(25)12-20-5-3-17-2-4-19(10-13(22)18-26)6-8-21(9-7-20)11-14(23)24/h16-17H,2-12H2,1H3,(H,23,24). The molecule has 0 spiro atoms. The van der Waals surface area contributed by atoms with E-state index < -0.39 is 17.8 Å².